The third kappa shape index (κ3) is 6.74. The van der Waals surface area contributed by atoms with E-state index in [1.165, 1.54) is 12.8 Å². The molecule has 2 aliphatic rings. The monoisotopic (exact) mass is 348 g/mol. The van der Waals surface area contributed by atoms with E-state index in [-0.39, 0.29) is 0 Å². The Labute approximate surface area is 154 Å². The molecule has 1 saturated carbocycles. The van der Waals surface area contributed by atoms with Crippen LogP contribution in [0, 0.1) is 23.7 Å². The predicted octanol–water partition coefficient (Wildman–Crippen LogP) is 5.34. The molecule has 3 nitrogen and oxygen atoms in total. The summed E-state index contributed by atoms with van der Waals surface area (Å²) < 4.78 is 11.7. The molecule has 142 valence electrons. The summed E-state index contributed by atoms with van der Waals surface area (Å²) in [7, 11) is 1.00. The van der Waals surface area contributed by atoms with Crippen molar-refractivity contribution in [1.29, 1.82) is 0 Å². The maximum atomic E-state index is 7.00. The first-order valence-corrected chi connectivity index (χ1v) is 9.73. The van der Waals surface area contributed by atoms with Crippen molar-refractivity contribution in [3.63, 3.8) is 0 Å². The standard InChI is InChI=1S/C19H26O2.C2H6.CH4O/c1-3-14(2)12-20-18-6-8-19(9-7-18)21-13-17-11-15-4-5-16(17)10-15;2*1-2/h4-9,14-17H,3,10-13H2,1-2H3;1-2H3;2H,1H3. The van der Waals surface area contributed by atoms with Gasteiger partial charge in [0.05, 0.1) is 13.2 Å². The van der Waals surface area contributed by atoms with Crippen LogP contribution in [-0.4, -0.2) is 25.4 Å². The van der Waals surface area contributed by atoms with Crippen LogP contribution in [0.2, 0.25) is 0 Å². The van der Waals surface area contributed by atoms with Crippen molar-refractivity contribution in [1.82, 2.24) is 0 Å². The van der Waals surface area contributed by atoms with Gasteiger partial charge in [-0.05, 0) is 60.8 Å². The van der Waals surface area contributed by atoms with E-state index < -0.39 is 0 Å². The van der Waals surface area contributed by atoms with Crippen molar-refractivity contribution in [2.24, 2.45) is 23.7 Å². The third-order valence-electron chi connectivity index (χ3n) is 4.94. The Balaban J connectivity index is 0.000000730. The number of rotatable bonds is 7. The molecule has 0 amide bonds. The summed E-state index contributed by atoms with van der Waals surface area (Å²) in [5.74, 6) is 4.78. The fourth-order valence-electron chi connectivity index (χ4n) is 3.28. The molecule has 4 unspecified atom stereocenters. The second-order valence-electron chi connectivity index (χ2n) is 6.65. The summed E-state index contributed by atoms with van der Waals surface area (Å²) in [5, 5.41) is 7.00. The van der Waals surface area contributed by atoms with Gasteiger partial charge in [-0.25, -0.2) is 0 Å². The normalized spacial score (nSPS) is 23.8. The highest BCUT2D eigenvalue weighted by atomic mass is 16.5. The molecule has 0 aliphatic heterocycles. The maximum absolute atomic E-state index is 7.00. The van der Waals surface area contributed by atoms with Crippen LogP contribution < -0.4 is 9.47 Å². The Morgan fingerprint density at radius 2 is 1.60 bits per heavy atom. The lowest BCUT2D eigenvalue weighted by Crippen LogP contribution is -2.16. The molecule has 0 spiro atoms. The van der Waals surface area contributed by atoms with Gasteiger partial charge in [0.25, 0.3) is 0 Å². The Morgan fingerprint density at radius 3 is 2.08 bits per heavy atom. The number of allylic oxidation sites excluding steroid dienone is 2. The minimum Gasteiger partial charge on any atom is -0.493 e. The molecule has 3 rings (SSSR count). The van der Waals surface area contributed by atoms with Crippen LogP contribution in [0.1, 0.15) is 47.0 Å². The van der Waals surface area contributed by atoms with Crippen LogP contribution in [0.15, 0.2) is 36.4 Å². The van der Waals surface area contributed by atoms with Crippen molar-refractivity contribution in [2.45, 2.75) is 47.0 Å². The van der Waals surface area contributed by atoms with E-state index in [2.05, 4.69) is 26.0 Å². The second-order valence-corrected chi connectivity index (χ2v) is 6.65. The van der Waals surface area contributed by atoms with E-state index >= 15 is 0 Å². The topological polar surface area (TPSA) is 38.7 Å². The molecule has 1 N–H and O–H groups in total. The Kier molecular flexibility index (Phi) is 10.3. The summed E-state index contributed by atoms with van der Waals surface area (Å²) in [6, 6.07) is 8.07. The lowest BCUT2D eigenvalue weighted by Gasteiger charge is -2.18. The summed E-state index contributed by atoms with van der Waals surface area (Å²) in [5.41, 5.74) is 0. The Hall–Kier alpha value is -1.48. The van der Waals surface area contributed by atoms with Crippen LogP contribution in [-0.2, 0) is 0 Å². The maximum Gasteiger partial charge on any atom is 0.119 e. The first-order valence-electron chi connectivity index (χ1n) is 9.73. The quantitative estimate of drug-likeness (QED) is 0.676. The molecule has 0 saturated heterocycles. The van der Waals surface area contributed by atoms with Gasteiger partial charge in [0.15, 0.2) is 0 Å². The number of hydrogen-bond acceptors (Lipinski definition) is 3. The second kappa shape index (κ2) is 12.0. The van der Waals surface area contributed by atoms with Crippen LogP contribution in [0.25, 0.3) is 0 Å². The number of benzene rings is 1. The van der Waals surface area contributed by atoms with Crippen LogP contribution in [0.5, 0.6) is 11.5 Å². The van der Waals surface area contributed by atoms with Crippen molar-refractivity contribution in [2.75, 3.05) is 20.3 Å². The molecular formula is C22H36O3. The first-order chi connectivity index (χ1) is 12.2. The average molecular weight is 349 g/mol. The smallest absolute Gasteiger partial charge is 0.119 e. The van der Waals surface area contributed by atoms with Gasteiger partial charge in [0.2, 0.25) is 0 Å². The van der Waals surface area contributed by atoms with Gasteiger partial charge in [-0.15, -0.1) is 0 Å². The lowest BCUT2D eigenvalue weighted by atomic mass is 9.95. The first kappa shape index (κ1) is 21.6. The highest BCUT2D eigenvalue weighted by Crippen LogP contribution is 2.43. The van der Waals surface area contributed by atoms with E-state index in [1.54, 1.807) is 0 Å². The molecule has 0 heterocycles. The van der Waals surface area contributed by atoms with Gasteiger partial charge in [-0.3, -0.25) is 0 Å². The Morgan fingerprint density at radius 1 is 1.00 bits per heavy atom. The summed E-state index contributed by atoms with van der Waals surface area (Å²) in [6.45, 7) is 10.0. The molecule has 4 atom stereocenters. The molecular weight excluding hydrogens is 312 g/mol. The van der Waals surface area contributed by atoms with E-state index in [1.807, 2.05) is 38.1 Å². The van der Waals surface area contributed by atoms with Gasteiger partial charge in [-0.2, -0.15) is 0 Å². The van der Waals surface area contributed by atoms with E-state index in [0.29, 0.717) is 11.8 Å². The van der Waals surface area contributed by atoms with Crippen LogP contribution >= 0.6 is 0 Å². The minimum atomic E-state index is 0.603. The number of aliphatic hydroxyl groups is 1. The molecule has 1 aromatic carbocycles. The largest absolute Gasteiger partial charge is 0.493 e. The minimum absolute atomic E-state index is 0.603. The molecule has 1 aromatic rings. The highest BCUT2D eigenvalue weighted by Gasteiger charge is 2.35. The number of ether oxygens (including phenoxy) is 2. The predicted molar refractivity (Wildman–Crippen MR) is 105 cm³/mol. The molecule has 25 heavy (non-hydrogen) atoms. The molecule has 2 bridgehead atoms. The van der Waals surface area contributed by atoms with Gasteiger partial charge in [0, 0.05) is 7.11 Å². The van der Waals surface area contributed by atoms with Gasteiger partial charge >= 0.3 is 0 Å². The lowest BCUT2D eigenvalue weighted by molar-refractivity contribution is 0.226. The van der Waals surface area contributed by atoms with Crippen LogP contribution in [0.3, 0.4) is 0 Å². The summed E-state index contributed by atoms with van der Waals surface area (Å²) >= 11 is 0. The third-order valence-corrected chi connectivity index (χ3v) is 4.94. The fraction of sp³-hybridized carbons (Fsp3) is 0.636. The number of aliphatic hydroxyl groups excluding tert-OH is 1. The zero-order valence-corrected chi connectivity index (χ0v) is 16.6. The fourth-order valence-corrected chi connectivity index (χ4v) is 3.28. The summed E-state index contributed by atoms with van der Waals surface area (Å²) in [6.07, 6.45) is 8.56. The average Bonchev–Trinajstić information content (AvgIpc) is 3.31. The van der Waals surface area contributed by atoms with Crippen molar-refractivity contribution in [3.05, 3.63) is 36.4 Å². The van der Waals surface area contributed by atoms with Crippen molar-refractivity contribution >= 4 is 0 Å². The van der Waals surface area contributed by atoms with Gasteiger partial charge in [0.1, 0.15) is 11.5 Å². The SMILES string of the molecule is CC.CCC(C)COc1ccc(OCC2CC3C=CC2C3)cc1.CO. The molecule has 2 aliphatic carbocycles. The van der Waals surface area contributed by atoms with Gasteiger partial charge in [-0.1, -0.05) is 46.3 Å². The zero-order chi connectivity index (χ0) is 18.7. The molecule has 3 heteroatoms. The number of fused-ring (bicyclic) bond motifs is 2. The van der Waals surface area contributed by atoms with E-state index in [9.17, 15) is 0 Å². The van der Waals surface area contributed by atoms with E-state index in [4.69, 9.17) is 14.6 Å². The van der Waals surface area contributed by atoms with E-state index in [0.717, 1.165) is 50.1 Å². The zero-order valence-electron chi connectivity index (χ0n) is 16.6. The molecule has 0 aromatic heterocycles. The molecule has 1 fully saturated rings. The van der Waals surface area contributed by atoms with Crippen molar-refractivity contribution in [3.8, 4) is 11.5 Å². The number of hydrogen-bond donors (Lipinski definition) is 1. The molecule has 0 radical (unpaired) electrons. The highest BCUT2D eigenvalue weighted by molar-refractivity contribution is 5.31. The summed E-state index contributed by atoms with van der Waals surface area (Å²) in [4.78, 5) is 0. The Bertz CT molecular complexity index is 481. The van der Waals surface area contributed by atoms with Gasteiger partial charge < -0.3 is 14.6 Å². The van der Waals surface area contributed by atoms with Crippen LogP contribution in [0.4, 0.5) is 0 Å². The van der Waals surface area contributed by atoms with Crippen molar-refractivity contribution < 1.29 is 14.6 Å².